The topological polar surface area (TPSA) is 43.4 Å². The van der Waals surface area contributed by atoms with Gasteiger partial charge in [0.2, 0.25) is 0 Å². The summed E-state index contributed by atoms with van der Waals surface area (Å²) in [5.41, 5.74) is 1.67. The molecule has 0 radical (unpaired) electrons. The highest BCUT2D eigenvalue weighted by atomic mass is 16.5. The van der Waals surface area contributed by atoms with Gasteiger partial charge in [0.15, 0.2) is 5.78 Å². The van der Waals surface area contributed by atoms with Gasteiger partial charge >= 0.3 is 0 Å². The fourth-order valence-corrected chi connectivity index (χ4v) is 2.02. The van der Waals surface area contributed by atoms with Crippen molar-refractivity contribution in [2.24, 2.45) is 0 Å². The Labute approximate surface area is 124 Å². The first kappa shape index (κ1) is 15.0. The first-order chi connectivity index (χ1) is 10.1. The number of hydrogen-bond donors (Lipinski definition) is 0. The smallest absolute Gasteiger partial charge is 0.166 e. The molecule has 0 aliphatic rings. The maximum absolute atomic E-state index is 11.9. The second-order valence-electron chi connectivity index (χ2n) is 4.91. The van der Waals surface area contributed by atoms with Gasteiger partial charge in [0.1, 0.15) is 11.5 Å². The van der Waals surface area contributed by atoms with Gasteiger partial charge in [-0.05, 0) is 24.6 Å². The van der Waals surface area contributed by atoms with E-state index in [1.807, 2.05) is 42.5 Å². The number of rotatable bonds is 7. The van der Waals surface area contributed by atoms with Crippen LogP contribution in [-0.2, 0) is 11.2 Å². The zero-order valence-electron chi connectivity index (χ0n) is 12.0. The second kappa shape index (κ2) is 7.39. The molecule has 3 nitrogen and oxygen atoms in total. The summed E-state index contributed by atoms with van der Waals surface area (Å²) in [4.78, 5) is 22.9. The van der Waals surface area contributed by atoms with E-state index in [-0.39, 0.29) is 11.6 Å². The summed E-state index contributed by atoms with van der Waals surface area (Å²) in [6.07, 6.45) is 0.784. The molecule has 0 saturated heterocycles. The maximum Gasteiger partial charge on any atom is 0.166 e. The van der Waals surface area contributed by atoms with Gasteiger partial charge in [-0.15, -0.1) is 0 Å². The van der Waals surface area contributed by atoms with E-state index in [9.17, 15) is 9.59 Å². The largest absolute Gasteiger partial charge is 0.493 e. The van der Waals surface area contributed by atoms with Gasteiger partial charge in [-0.1, -0.05) is 42.5 Å². The molecule has 0 aromatic heterocycles. The molecule has 3 heteroatoms. The van der Waals surface area contributed by atoms with E-state index in [4.69, 9.17) is 4.74 Å². The zero-order valence-corrected chi connectivity index (χ0v) is 12.0. The Morgan fingerprint density at radius 3 is 2.24 bits per heavy atom. The molecule has 0 atom stereocenters. The number of ketones is 2. The lowest BCUT2D eigenvalue weighted by molar-refractivity contribution is -0.116. The van der Waals surface area contributed by atoms with Crippen molar-refractivity contribution in [1.29, 1.82) is 0 Å². The molecule has 0 unspecified atom stereocenters. The summed E-state index contributed by atoms with van der Waals surface area (Å²) in [6, 6.07) is 16.6. The molecule has 2 aromatic carbocycles. The van der Waals surface area contributed by atoms with E-state index in [1.165, 1.54) is 0 Å². The minimum Gasteiger partial charge on any atom is -0.493 e. The molecule has 2 aromatic rings. The van der Waals surface area contributed by atoms with Crippen molar-refractivity contribution in [2.75, 3.05) is 6.61 Å². The van der Waals surface area contributed by atoms with Crippen molar-refractivity contribution < 1.29 is 14.3 Å². The molecule has 0 aliphatic carbocycles. The molecule has 0 saturated carbocycles. The van der Waals surface area contributed by atoms with E-state index in [0.717, 1.165) is 5.56 Å². The molecule has 108 valence electrons. The molecule has 2 rings (SSSR count). The summed E-state index contributed by atoms with van der Waals surface area (Å²) in [5.74, 6) is 0.920. The molecular formula is C18H18O3. The molecule has 21 heavy (non-hydrogen) atoms. The number of Topliss-reactive ketones (excluding diaryl/α,β-unsaturated/α-hetero) is 2. The number of carbonyl (C=O) groups excluding carboxylic acids is 2. The Morgan fingerprint density at radius 1 is 0.952 bits per heavy atom. The standard InChI is InChI=1S/C18H18O3/c1-14(19)13-15-7-9-17(10-8-15)21-12-11-18(20)16-5-3-2-4-6-16/h2-10H,11-13H2,1H3. The highest BCUT2D eigenvalue weighted by Gasteiger charge is 2.05. The van der Waals surface area contributed by atoms with Gasteiger partial charge in [0, 0.05) is 18.4 Å². The highest BCUT2D eigenvalue weighted by Crippen LogP contribution is 2.13. The first-order valence-corrected chi connectivity index (χ1v) is 6.94. The number of carbonyl (C=O) groups is 2. The summed E-state index contributed by atoms with van der Waals surface area (Å²) < 4.78 is 5.55. The molecule has 0 heterocycles. The SMILES string of the molecule is CC(=O)Cc1ccc(OCCC(=O)c2ccccc2)cc1. The zero-order chi connectivity index (χ0) is 15.1. The summed E-state index contributed by atoms with van der Waals surface area (Å²) in [7, 11) is 0. The van der Waals surface area contributed by atoms with Crippen LogP contribution in [0.15, 0.2) is 54.6 Å². The lowest BCUT2D eigenvalue weighted by Gasteiger charge is -2.06. The minimum absolute atomic E-state index is 0.0730. The van der Waals surface area contributed by atoms with Gasteiger partial charge in [-0.2, -0.15) is 0 Å². The predicted octanol–water partition coefficient (Wildman–Crippen LogP) is 3.47. The van der Waals surface area contributed by atoms with Crippen LogP contribution < -0.4 is 4.74 Å². The van der Waals surface area contributed by atoms with E-state index >= 15 is 0 Å². The van der Waals surface area contributed by atoms with E-state index < -0.39 is 0 Å². The van der Waals surface area contributed by atoms with Crippen LogP contribution in [0, 0.1) is 0 Å². The van der Waals surface area contributed by atoms with Crippen LogP contribution in [0.25, 0.3) is 0 Å². The maximum atomic E-state index is 11.9. The number of hydrogen-bond acceptors (Lipinski definition) is 3. The van der Waals surface area contributed by atoms with E-state index in [1.54, 1.807) is 19.1 Å². The molecule has 0 N–H and O–H groups in total. The fourth-order valence-electron chi connectivity index (χ4n) is 2.02. The van der Waals surface area contributed by atoms with Crippen molar-refractivity contribution in [2.45, 2.75) is 19.8 Å². The van der Waals surface area contributed by atoms with Crippen molar-refractivity contribution >= 4 is 11.6 Å². The number of benzene rings is 2. The summed E-state index contributed by atoms with van der Waals surface area (Å²) in [5, 5.41) is 0. The molecule has 0 fully saturated rings. The molecule has 0 amide bonds. The average molecular weight is 282 g/mol. The third-order valence-electron chi connectivity index (χ3n) is 3.07. The average Bonchev–Trinajstić information content (AvgIpc) is 2.49. The van der Waals surface area contributed by atoms with Gasteiger partial charge in [0.05, 0.1) is 6.61 Å². The van der Waals surface area contributed by atoms with Crippen molar-refractivity contribution in [3.05, 3.63) is 65.7 Å². The van der Waals surface area contributed by atoms with E-state index in [2.05, 4.69) is 0 Å². The lowest BCUT2D eigenvalue weighted by Crippen LogP contribution is -2.06. The predicted molar refractivity (Wildman–Crippen MR) is 81.7 cm³/mol. The van der Waals surface area contributed by atoms with Crippen molar-refractivity contribution in [3.63, 3.8) is 0 Å². The van der Waals surface area contributed by atoms with Crippen molar-refractivity contribution in [1.82, 2.24) is 0 Å². The van der Waals surface area contributed by atoms with Gasteiger partial charge in [-0.25, -0.2) is 0 Å². The van der Waals surface area contributed by atoms with Crippen LogP contribution in [0.3, 0.4) is 0 Å². The Balaban J connectivity index is 1.81. The summed E-state index contributed by atoms with van der Waals surface area (Å²) >= 11 is 0. The number of ether oxygens (including phenoxy) is 1. The van der Waals surface area contributed by atoms with Gasteiger partial charge in [-0.3, -0.25) is 9.59 Å². The quantitative estimate of drug-likeness (QED) is 0.730. The van der Waals surface area contributed by atoms with Gasteiger partial charge in [0.25, 0.3) is 0 Å². The molecule has 0 spiro atoms. The Bertz CT molecular complexity index is 600. The second-order valence-corrected chi connectivity index (χ2v) is 4.91. The molecule has 0 aliphatic heterocycles. The molecule has 0 bridgehead atoms. The Hall–Kier alpha value is -2.42. The Kier molecular flexibility index (Phi) is 5.27. The van der Waals surface area contributed by atoms with Crippen LogP contribution >= 0.6 is 0 Å². The monoisotopic (exact) mass is 282 g/mol. The van der Waals surface area contributed by atoms with Crippen LogP contribution in [-0.4, -0.2) is 18.2 Å². The Morgan fingerprint density at radius 2 is 1.62 bits per heavy atom. The third-order valence-corrected chi connectivity index (χ3v) is 3.07. The normalized spacial score (nSPS) is 10.1. The third kappa shape index (κ3) is 4.88. The fraction of sp³-hybridized carbons (Fsp3) is 0.222. The lowest BCUT2D eigenvalue weighted by atomic mass is 10.1. The van der Waals surface area contributed by atoms with Crippen LogP contribution in [0.2, 0.25) is 0 Å². The van der Waals surface area contributed by atoms with Crippen LogP contribution in [0.4, 0.5) is 0 Å². The van der Waals surface area contributed by atoms with E-state index in [0.29, 0.717) is 30.8 Å². The van der Waals surface area contributed by atoms with Crippen LogP contribution in [0.1, 0.15) is 29.3 Å². The summed E-state index contributed by atoms with van der Waals surface area (Å²) in [6.45, 7) is 1.92. The highest BCUT2D eigenvalue weighted by molar-refractivity contribution is 5.96. The van der Waals surface area contributed by atoms with Crippen molar-refractivity contribution in [3.8, 4) is 5.75 Å². The first-order valence-electron chi connectivity index (χ1n) is 6.94. The minimum atomic E-state index is 0.0730. The van der Waals surface area contributed by atoms with Crippen LogP contribution in [0.5, 0.6) is 5.75 Å². The molecular weight excluding hydrogens is 264 g/mol. The van der Waals surface area contributed by atoms with Gasteiger partial charge < -0.3 is 4.74 Å².